The van der Waals surface area contributed by atoms with Gasteiger partial charge in [0.1, 0.15) is 17.5 Å². The zero-order chi connectivity index (χ0) is 25.9. The largest absolute Gasteiger partial charge is 0.498 e. The SMILES string of the molecule is C=C1CCc2c1cccc2-c1ccc(CC(C)(C)O)c2c1OC(C1(C(=C)OCCC)CC1)C(C)(O)C2. The van der Waals surface area contributed by atoms with Crippen molar-refractivity contribution in [2.24, 2.45) is 5.41 Å². The lowest BCUT2D eigenvalue weighted by molar-refractivity contribution is -0.0952. The van der Waals surface area contributed by atoms with E-state index in [1.54, 1.807) is 0 Å². The van der Waals surface area contributed by atoms with Gasteiger partial charge >= 0.3 is 0 Å². The summed E-state index contributed by atoms with van der Waals surface area (Å²) in [5.74, 6) is 1.55. The average Bonchev–Trinajstić information content (AvgIpc) is 3.53. The van der Waals surface area contributed by atoms with Crippen molar-refractivity contribution in [2.75, 3.05) is 6.61 Å². The molecule has 0 amide bonds. The Hall–Kier alpha value is -2.56. The summed E-state index contributed by atoms with van der Waals surface area (Å²) < 4.78 is 12.9. The molecule has 4 heteroatoms. The Morgan fingerprint density at radius 1 is 1.11 bits per heavy atom. The highest BCUT2D eigenvalue weighted by Crippen LogP contribution is 2.60. The standard InChI is InChI=1S/C32H40O4/c1-7-17-35-21(3)32(15-16-32)29-31(6,34)19-27-22(18-30(4,5)33)12-14-26(28(27)36-29)24-10-8-9-23-20(2)11-13-25(23)24/h8-10,12,14,29,33-34H,2-3,7,11,13,15-19H2,1,4-6H3. The first-order valence-electron chi connectivity index (χ1n) is 13.4. The molecule has 4 nitrogen and oxygen atoms in total. The van der Waals surface area contributed by atoms with Gasteiger partial charge < -0.3 is 19.7 Å². The zero-order valence-electron chi connectivity index (χ0n) is 22.2. The Bertz CT molecular complexity index is 1210. The molecular formula is C32H40O4. The molecule has 2 aliphatic carbocycles. The first-order chi connectivity index (χ1) is 17.0. The van der Waals surface area contributed by atoms with Crippen molar-refractivity contribution in [1.82, 2.24) is 0 Å². The number of hydrogen-bond acceptors (Lipinski definition) is 4. The smallest absolute Gasteiger partial charge is 0.140 e. The predicted molar refractivity (Wildman–Crippen MR) is 145 cm³/mol. The second kappa shape index (κ2) is 8.78. The number of fused-ring (bicyclic) bond motifs is 2. The van der Waals surface area contributed by atoms with E-state index in [4.69, 9.17) is 9.47 Å². The molecule has 1 saturated carbocycles. The summed E-state index contributed by atoms with van der Waals surface area (Å²) >= 11 is 0. The number of hydrogen-bond donors (Lipinski definition) is 2. The van der Waals surface area contributed by atoms with Gasteiger partial charge in [0.05, 0.1) is 23.4 Å². The van der Waals surface area contributed by atoms with Gasteiger partial charge in [0.25, 0.3) is 0 Å². The van der Waals surface area contributed by atoms with Crippen LogP contribution in [0.4, 0.5) is 0 Å². The third-order valence-electron chi connectivity index (χ3n) is 8.17. The molecule has 2 unspecified atom stereocenters. The quantitative estimate of drug-likeness (QED) is 0.422. The van der Waals surface area contributed by atoms with Gasteiger partial charge in [0.15, 0.2) is 0 Å². The summed E-state index contributed by atoms with van der Waals surface area (Å²) in [4.78, 5) is 0. The average molecular weight is 489 g/mol. The Balaban J connectivity index is 1.64. The van der Waals surface area contributed by atoms with E-state index in [1.165, 1.54) is 22.3 Å². The molecule has 1 fully saturated rings. The van der Waals surface area contributed by atoms with E-state index in [-0.39, 0.29) is 5.41 Å². The lowest BCUT2D eigenvalue weighted by Gasteiger charge is -2.44. The van der Waals surface area contributed by atoms with Crippen LogP contribution in [-0.2, 0) is 24.0 Å². The molecular weight excluding hydrogens is 448 g/mol. The van der Waals surface area contributed by atoms with E-state index < -0.39 is 17.3 Å². The summed E-state index contributed by atoms with van der Waals surface area (Å²) in [6.45, 7) is 16.8. The maximum Gasteiger partial charge on any atom is 0.140 e. The van der Waals surface area contributed by atoms with E-state index in [2.05, 4.69) is 50.4 Å². The Labute approximate surface area is 215 Å². The number of allylic oxidation sites excluding steroid dienone is 1. The lowest BCUT2D eigenvalue weighted by Crippen LogP contribution is -2.54. The van der Waals surface area contributed by atoms with Crippen LogP contribution in [0.1, 0.15) is 75.6 Å². The first kappa shape index (κ1) is 25.1. The molecule has 0 spiro atoms. The summed E-state index contributed by atoms with van der Waals surface area (Å²) in [7, 11) is 0. The van der Waals surface area contributed by atoms with Gasteiger partial charge in [-0.2, -0.15) is 0 Å². The van der Waals surface area contributed by atoms with Crippen molar-refractivity contribution < 1.29 is 19.7 Å². The second-order valence-electron chi connectivity index (χ2n) is 12.0. The highest BCUT2D eigenvalue weighted by molar-refractivity contribution is 5.83. The van der Waals surface area contributed by atoms with Crippen molar-refractivity contribution in [1.29, 1.82) is 0 Å². The molecule has 1 heterocycles. The van der Waals surface area contributed by atoms with Crippen molar-refractivity contribution in [3.63, 3.8) is 0 Å². The van der Waals surface area contributed by atoms with Gasteiger partial charge in [-0.3, -0.25) is 0 Å². The topological polar surface area (TPSA) is 58.9 Å². The highest BCUT2D eigenvalue weighted by atomic mass is 16.5. The molecule has 2 aromatic carbocycles. The van der Waals surface area contributed by atoms with Gasteiger partial charge in [-0.05, 0) is 80.7 Å². The summed E-state index contributed by atoms with van der Waals surface area (Å²) in [5.41, 5.74) is 5.61. The Kier molecular flexibility index (Phi) is 6.12. The van der Waals surface area contributed by atoms with Crippen molar-refractivity contribution in [3.05, 3.63) is 71.5 Å². The third kappa shape index (κ3) is 4.29. The van der Waals surface area contributed by atoms with Crippen LogP contribution >= 0.6 is 0 Å². The molecule has 192 valence electrons. The predicted octanol–water partition coefficient (Wildman–Crippen LogP) is 6.40. The summed E-state index contributed by atoms with van der Waals surface area (Å²) in [6, 6.07) is 10.7. The molecule has 3 aliphatic rings. The lowest BCUT2D eigenvalue weighted by atomic mass is 9.76. The molecule has 0 radical (unpaired) electrons. The Morgan fingerprint density at radius 3 is 2.50 bits per heavy atom. The molecule has 2 atom stereocenters. The zero-order valence-corrected chi connectivity index (χ0v) is 22.2. The van der Waals surface area contributed by atoms with Gasteiger partial charge in [0.2, 0.25) is 0 Å². The minimum absolute atomic E-state index is 0.382. The van der Waals surface area contributed by atoms with E-state index in [0.717, 1.165) is 60.3 Å². The van der Waals surface area contributed by atoms with Gasteiger partial charge in [-0.1, -0.05) is 50.4 Å². The van der Waals surface area contributed by atoms with Gasteiger partial charge in [0, 0.05) is 24.0 Å². The van der Waals surface area contributed by atoms with Crippen LogP contribution in [0.25, 0.3) is 16.7 Å². The number of ether oxygens (including phenoxy) is 2. The van der Waals surface area contributed by atoms with Gasteiger partial charge in [-0.15, -0.1) is 0 Å². The van der Waals surface area contributed by atoms with E-state index in [0.29, 0.717) is 19.4 Å². The van der Waals surface area contributed by atoms with Crippen molar-refractivity contribution >= 4 is 5.57 Å². The second-order valence-corrected chi connectivity index (χ2v) is 12.0. The molecule has 5 rings (SSSR count). The van der Waals surface area contributed by atoms with Crippen LogP contribution in [0, 0.1) is 5.41 Å². The Morgan fingerprint density at radius 2 is 1.83 bits per heavy atom. The fourth-order valence-corrected chi connectivity index (χ4v) is 6.29. The first-order valence-corrected chi connectivity index (χ1v) is 13.4. The number of rotatable bonds is 8. The fourth-order valence-electron chi connectivity index (χ4n) is 6.29. The minimum Gasteiger partial charge on any atom is -0.498 e. The van der Waals surface area contributed by atoms with Crippen LogP contribution in [-0.4, -0.2) is 34.1 Å². The summed E-state index contributed by atoms with van der Waals surface area (Å²) in [5, 5.41) is 22.5. The van der Waals surface area contributed by atoms with E-state index >= 15 is 0 Å². The van der Waals surface area contributed by atoms with Crippen LogP contribution in [0.3, 0.4) is 0 Å². The maximum atomic E-state index is 11.8. The van der Waals surface area contributed by atoms with Crippen LogP contribution < -0.4 is 4.74 Å². The third-order valence-corrected chi connectivity index (χ3v) is 8.17. The van der Waals surface area contributed by atoms with Crippen LogP contribution in [0.15, 0.2) is 49.2 Å². The molecule has 2 N–H and O–H groups in total. The molecule has 0 bridgehead atoms. The van der Waals surface area contributed by atoms with Crippen LogP contribution in [0.5, 0.6) is 5.75 Å². The van der Waals surface area contributed by atoms with Gasteiger partial charge in [-0.25, -0.2) is 0 Å². The minimum atomic E-state index is -1.10. The molecule has 2 aromatic rings. The highest BCUT2D eigenvalue weighted by Gasteiger charge is 2.62. The van der Waals surface area contributed by atoms with Crippen molar-refractivity contribution in [2.45, 2.75) is 89.9 Å². The van der Waals surface area contributed by atoms with Crippen LogP contribution in [0.2, 0.25) is 0 Å². The molecule has 36 heavy (non-hydrogen) atoms. The molecule has 1 aliphatic heterocycles. The summed E-state index contributed by atoms with van der Waals surface area (Å²) in [6.07, 6.45) is 5.13. The number of aliphatic hydroxyl groups is 2. The number of benzene rings is 2. The normalized spacial score (nSPS) is 24.1. The maximum absolute atomic E-state index is 11.8. The molecule has 0 saturated heterocycles. The molecule has 0 aromatic heterocycles. The van der Waals surface area contributed by atoms with E-state index in [1.807, 2.05) is 20.8 Å². The fraction of sp³-hybridized carbons (Fsp3) is 0.500. The van der Waals surface area contributed by atoms with E-state index in [9.17, 15) is 10.2 Å². The van der Waals surface area contributed by atoms with Crippen molar-refractivity contribution in [3.8, 4) is 16.9 Å². The monoisotopic (exact) mass is 488 g/mol.